The molecule has 2 amide bonds. The predicted molar refractivity (Wildman–Crippen MR) is 121 cm³/mol. The number of nitrogens with two attached hydrogens (primary N) is 1. The number of nitrogens with zero attached hydrogens (tertiary/aromatic N) is 2. The van der Waals surface area contributed by atoms with Crippen LogP contribution in [0.1, 0.15) is 34.7 Å². The lowest BCUT2D eigenvalue weighted by molar-refractivity contribution is -0.136. The lowest BCUT2D eigenvalue weighted by Crippen LogP contribution is -2.44. The Morgan fingerprint density at radius 3 is 2.07 bits per heavy atom. The molecule has 2 saturated heterocycles. The van der Waals surface area contributed by atoms with Gasteiger partial charge in [0, 0.05) is 43.6 Å². The van der Waals surface area contributed by atoms with Crippen LogP contribution in [-0.2, 0) is 4.79 Å². The highest BCUT2D eigenvalue weighted by Gasteiger charge is 2.38. The van der Waals surface area contributed by atoms with E-state index < -0.39 is 0 Å². The molecule has 2 atom stereocenters. The first-order valence-electron chi connectivity index (χ1n) is 10.6. The smallest absolute Gasteiger partial charge is 0.253 e. The highest BCUT2D eigenvalue weighted by molar-refractivity contribution is 5.94. The number of amides is 2. The van der Waals surface area contributed by atoms with Gasteiger partial charge in [0.15, 0.2) is 0 Å². The zero-order valence-electron chi connectivity index (χ0n) is 17.2. The van der Waals surface area contributed by atoms with E-state index in [0.29, 0.717) is 37.0 Å². The van der Waals surface area contributed by atoms with Gasteiger partial charge >= 0.3 is 0 Å². The molecule has 4 rings (SSSR count). The maximum Gasteiger partial charge on any atom is 0.253 e. The zero-order chi connectivity index (χ0) is 20.2. The van der Waals surface area contributed by atoms with Gasteiger partial charge in [-0.1, -0.05) is 48.5 Å². The minimum Gasteiger partial charge on any atom is -0.341 e. The van der Waals surface area contributed by atoms with Gasteiger partial charge in [-0.15, -0.1) is 12.4 Å². The van der Waals surface area contributed by atoms with Crippen LogP contribution >= 0.6 is 12.4 Å². The first kappa shape index (κ1) is 22.3. The van der Waals surface area contributed by atoms with E-state index >= 15 is 0 Å². The summed E-state index contributed by atoms with van der Waals surface area (Å²) in [7, 11) is 0. The molecule has 0 radical (unpaired) electrons. The van der Waals surface area contributed by atoms with Gasteiger partial charge in [-0.2, -0.15) is 0 Å². The first-order chi connectivity index (χ1) is 14.2. The van der Waals surface area contributed by atoms with Gasteiger partial charge in [-0.3, -0.25) is 9.59 Å². The van der Waals surface area contributed by atoms with E-state index in [0.717, 1.165) is 25.9 Å². The second-order valence-electron chi connectivity index (χ2n) is 8.19. The Bertz CT molecular complexity index is 838. The van der Waals surface area contributed by atoms with Gasteiger partial charge in [-0.25, -0.2) is 0 Å². The molecule has 0 saturated carbocycles. The minimum absolute atomic E-state index is 0. The van der Waals surface area contributed by atoms with Crippen molar-refractivity contribution in [1.82, 2.24) is 9.80 Å². The summed E-state index contributed by atoms with van der Waals surface area (Å²) in [4.78, 5) is 29.7. The van der Waals surface area contributed by atoms with Crippen LogP contribution in [0.3, 0.4) is 0 Å². The van der Waals surface area contributed by atoms with Crippen LogP contribution < -0.4 is 5.73 Å². The molecule has 0 unspecified atom stereocenters. The highest BCUT2D eigenvalue weighted by atomic mass is 35.5. The van der Waals surface area contributed by atoms with Crippen LogP contribution in [0.25, 0.3) is 0 Å². The van der Waals surface area contributed by atoms with E-state index in [1.165, 1.54) is 5.56 Å². The van der Waals surface area contributed by atoms with Crippen LogP contribution in [0.5, 0.6) is 0 Å². The van der Waals surface area contributed by atoms with Gasteiger partial charge < -0.3 is 15.5 Å². The number of carbonyl (C=O) groups is 2. The van der Waals surface area contributed by atoms with Crippen LogP contribution in [0.15, 0.2) is 60.7 Å². The molecular weight excluding hydrogens is 398 g/mol. The molecule has 30 heavy (non-hydrogen) atoms. The van der Waals surface area contributed by atoms with Crippen molar-refractivity contribution in [2.24, 2.45) is 17.6 Å². The lowest BCUT2D eigenvalue weighted by Gasteiger charge is -2.33. The summed E-state index contributed by atoms with van der Waals surface area (Å²) < 4.78 is 0. The van der Waals surface area contributed by atoms with Crippen molar-refractivity contribution in [3.63, 3.8) is 0 Å². The summed E-state index contributed by atoms with van der Waals surface area (Å²) in [6.07, 6.45) is 1.47. The van der Waals surface area contributed by atoms with Gasteiger partial charge in [0.2, 0.25) is 5.91 Å². The third-order valence-electron chi connectivity index (χ3n) is 6.44. The van der Waals surface area contributed by atoms with E-state index in [1.54, 1.807) is 0 Å². The summed E-state index contributed by atoms with van der Waals surface area (Å²) >= 11 is 0. The topological polar surface area (TPSA) is 66.6 Å². The number of carbonyl (C=O) groups excluding carboxylic acids is 2. The number of hydrogen-bond acceptors (Lipinski definition) is 3. The molecule has 0 aliphatic carbocycles. The summed E-state index contributed by atoms with van der Waals surface area (Å²) in [5, 5.41) is 0. The molecule has 2 aliphatic rings. The standard InChI is InChI=1S/C24H29N3O2.ClH/c25-15-21-16-27(17-22(21)18-7-3-1-4-8-18)24(29)20-11-13-26(14-12-20)23(28)19-9-5-2-6-10-19;/h1-10,20-22H,11-17,25H2;1H/t21-,22+;/m1./s1. The van der Waals surface area contributed by atoms with Crippen LogP contribution in [0.4, 0.5) is 0 Å². The molecule has 5 nitrogen and oxygen atoms in total. The monoisotopic (exact) mass is 427 g/mol. The lowest BCUT2D eigenvalue weighted by atomic mass is 9.89. The summed E-state index contributed by atoms with van der Waals surface area (Å²) in [5.41, 5.74) is 8.01. The average molecular weight is 428 g/mol. The molecule has 2 aliphatic heterocycles. The number of hydrogen-bond donors (Lipinski definition) is 1. The number of piperidine rings is 1. The maximum atomic E-state index is 13.2. The Morgan fingerprint density at radius 2 is 1.47 bits per heavy atom. The van der Waals surface area contributed by atoms with Gasteiger partial charge in [0.1, 0.15) is 0 Å². The maximum absolute atomic E-state index is 13.2. The van der Waals surface area contributed by atoms with Crippen molar-refractivity contribution in [2.75, 3.05) is 32.7 Å². The van der Waals surface area contributed by atoms with Crippen molar-refractivity contribution in [2.45, 2.75) is 18.8 Å². The molecular formula is C24H30ClN3O2. The van der Waals surface area contributed by atoms with Crippen LogP contribution in [0, 0.1) is 11.8 Å². The predicted octanol–water partition coefficient (Wildman–Crippen LogP) is 3.16. The Morgan fingerprint density at radius 1 is 0.867 bits per heavy atom. The molecule has 2 aromatic carbocycles. The van der Waals surface area contributed by atoms with Gasteiger partial charge in [-0.05, 0) is 43.0 Å². The number of benzene rings is 2. The fourth-order valence-corrected chi connectivity index (χ4v) is 4.72. The summed E-state index contributed by atoms with van der Waals surface area (Å²) in [6, 6.07) is 19.8. The minimum atomic E-state index is 0. The highest BCUT2D eigenvalue weighted by Crippen LogP contribution is 2.34. The molecule has 0 spiro atoms. The van der Waals surface area contributed by atoms with E-state index in [-0.39, 0.29) is 30.1 Å². The van der Waals surface area contributed by atoms with Crippen molar-refractivity contribution in [3.05, 3.63) is 71.8 Å². The molecule has 2 aromatic rings. The van der Waals surface area contributed by atoms with Crippen molar-refractivity contribution in [3.8, 4) is 0 Å². The SMILES string of the molecule is Cl.NC[C@@H]1CN(C(=O)C2CCN(C(=O)c3ccccc3)CC2)C[C@H]1c1ccccc1. The normalized spacial score (nSPS) is 21.9. The second-order valence-corrected chi connectivity index (χ2v) is 8.19. The Hall–Kier alpha value is -2.37. The van der Waals surface area contributed by atoms with Gasteiger partial charge in [0.25, 0.3) is 5.91 Å². The second kappa shape index (κ2) is 10.1. The number of rotatable bonds is 4. The molecule has 0 bridgehead atoms. The number of halogens is 1. The molecule has 2 fully saturated rings. The largest absolute Gasteiger partial charge is 0.341 e. The molecule has 6 heteroatoms. The first-order valence-corrected chi connectivity index (χ1v) is 10.6. The van der Waals surface area contributed by atoms with Crippen molar-refractivity contribution < 1.29 is 9.59 Å². The molecule has 160 valence electrons. The Kier molecular flexibility index (Phi) is 7.51. The van der Waals surface area contributed by atoms with Crippen molar-refractivity contribution in [1.29, 1.82) is 0 Å². The van der Waals surface area contributed by atoms with Crippen molar-refractivity contribution >= 4 is 24.2 Å². The molecule has 2 heterocycles. The van der Waals surface area contributed by atoms with Crippen LogP contribution in [-0.4, -0.2) is 54.3 Å². The third kappa shape index (κ3) is 4.68. The average Bonchev–Trinajstić information content (AvgIpc) is 3.24. The Labute approximate surface area is 184 Å². The fourth-order valence-electron chi connectivity index (χ4n) is 4.72. The van der Waals surface area contributed by atoms with Crippen LogP contribution in [0.2, 0.25) is 0 Å². The Balaban J connectivity index is 0.00000256. The quantitative estimate of drug-likeness (QED) is 0.814. The fraction of sp³-hybridized carbons (Fsp3) is 0.417. The zero-order valence-corrected chi connectivity index (χ0v) is 18.0. The van der Waals surface area contributed by atoms with E-state index in [9.17, 15) is 9.59 Å². The van der Waals surface area contributed by atoms with Gasteiger partial charge in [0.05, 0.1) is 0 Å². The third-order valence-corrected chi connectivity index (χ3v) is 6.44. The van der Waals surface area contributed by atoms with E-state index in [1.807, 2.05) is 58.3 Å². The van der Waals surface area contributed by atoms with E-state index in [4.69, 9.17) is 5.73 Å². The van der Waals surface area contributed by atoms with E-state index in [2.05, 4.69) is 12.1 Å². The molecule has 2 N–H and O–H groups in total. The summed E-state index contributed by atoms with van der Waals surface area (Å²) in [6.45, 7) is 3.35. The molecule has 0 aromatic heterocycles. The summed E-state index contributed by atoms with van der Waals surface area (Å²) in [5.74, 6) is 0.910. The number of likely N-dealkylation sites (tertiary alicyclic amines) is 2.